The first-order valence-corrected chi connectivity index (χ1v) is 8.91. The average molecular weight is 348 g/mol. The highest BCUT2D eigenvalue weighted by Gasteiger charge is 2.48. The molecule has 3 aliphatic rings. The van der Waals surface area contributed by atoms with E-state index >= 15 is 0 Å². The fraction of sp³-hybridized carbons (Fsp3) is 0.706. The van der Waals surface area contributed by atoms with E-state index in [4.69, 9.17) is 4.74 Å². The molecule has 2 aliphatic heterocycles. The van der Waals surface area contributed by atoms with E-state index in [1.807, 2.05) is 22.7 Å². The molecule has 3 heterocycles. The molecule has 2 saturated heterocycles. The molecule has 8 nitrogen and oxygen atoms in total. The SMILES string of the molecule is Cn1nc(C(=O)N2CCN(C3(C(=O)O)CCOC3)CC2)cc1C1CC1. The van der Waals surface area contributed by atoms with Gasteiger partial charge in [-0.05, 0) is 18.9 Å². The molecular formula is C17H24N4O4. The zero-order valence-electron chi connectivity index (χ0n) is 14.5. The molecule has 0 bridgehead atoms. The normalized spacial score (nSPS) is 27.6. The first-order chi connectivity index (χ1) is 12.0. The molecule has 1 amide bonds. The van der Waals surface area contributed by atoms with Crippen LogP contribution < -0.4 is 0 Å². The Labute approximate surface area is 146 Å². The van der Waals surface area contributed by atoms with E-state index < -0.39 is 11.5 Å². The lowest BCUT2D eigenvalue weighted by molar-refractivity contribution is -0.152. The molecule has 1 unspecified atom stereocenters. The lowest BCUT2D eigenvalue weighted by Crippen LogP contribution is -2.61. The van der Waals surface area contributed by atoms with Gasteiger partial charge in [0, 0.05) is 57.9 Å². The topological polar surface area (TPSA) is 87.9 Å². The van der Waals surface area contributed by atoms with Crippen molar-refractivity contribution in [2.24, 2.45) is 7.05 Å². The Hall–Kier alpha value is -1.93. The smallest absolute Gasteiger partial charge is 0.326 e. The lowest BCUT2D eigenvalue weighted by atomic mass is 9.95. The summed E-state index contributed by atoms with van der Waals surface area (Å²) in [7, 11) is 1.89. The van der Waals surface area contributed by atoms with Crippen LogP contribution in [0.25, 0.3) is 0 Å². The minimum Gasteiger partial charge on any atom is -0.480 e. The van der Waals surface area contributed by atoms with Gasteiger partial charge in [-0.25, -0.2) is 0 Å². The second-order valence-corrected chi connectivity index (χ2v) is 7.27. The Morgan fingerprint density at radius 2 is 2.00 bits per heavy atom. The largest absolute Gasteiger partial charge is 0.480 e. The lowest BCUT2D eigenvalue weighted by Gasteiger charge is -2.42. The van der Waals surface area contributed by atoms with Gasteiger partial charge in [-0.2, -0.15) is 5.10 Å². The summed E-state index contributed by atoms with van der Waals surface area (Å²) >= 11 is 0. The molecule has 0 radical (unpaired) electrons. The van der Waals surface area contributed by atoms with Crippen LogP contribution in [0.4, 0.5) is 0 Å². The Morgan fingerprint density at radius 1 is 1.28 bits per heavy atom. The van der Waals surface area contributed by atoms with Crippen molar-refractivity contribution in [3.63, 3.8) is 0 Å². The van der Waals surface area contributed by atoms with Crippen LogP contribution in [-0.2, 0) is 16.6 Å². The third-order valence-corrected chi connectivity index (χ3v) is 5.70. The van der Waals surface area contributed by atoms with Gasteiger partial charge in [0.15, 0.2) is 5.69 Å². The predicted octanol–water partition coefficient (Wildman–Crippen LogP) is 0.299. The van der Waals surface area contributed by atoms with Crippen LogP contribution in [0.5, 0.6) is 0 Å². The number of aliphatic carboxylic acids is 1. The van der Waals surface area contributed by atoms with E-state index in [-0.39, 0.29) is 12.5 Å². The van der Waals surface area contributed by atoms with Gasteiger partial charge < -0.3 is 14.7 Å². The van der Waals surface area contributed by atoms with Crippen LogP contribution in [0.3, 0.4) is 0 Å². The maximum atomic E-state index is 12.7. The molecule has 1 aliphatic carbocycles. The number of carbonyl (C=O) groups is 2. The van der Waals surface area contributed by atoms with Crippen molar-refractivity contribution in [1.82, 2.24) is 19.6 Å². The number of aryl methyl sites for hydroxylation is 1. The van der Waals surface area contributed by atoms with Crippen LogP contribution in [0, 0.1) is 0 Å². The predicted molar refractivity (Wildman–Crippen MR) is 88.5 cm³/mol. The van der Waals surface area contributed by atoms with E-state index in [2.05, 4.69) is 5.10 Å². The summed E-state index contributed by atoms with van der Waals surface area (Å²) in [6.45, 7) is 2.82. The van der Waals surface area contributed by atoms with Crippen molar-refractivity contribution in [2.75, 3.05) is 39.4 Å². The van der Waals surface area contributed by atoms with Crippen LogP contribution >= 0.6 is 0 Å². The number of hydrogen-bond acceptors (Lipinski definition) is 5. The monoisotopic (exact) mass is 348 g/mol. The number of carboxylic acids is 1. The van der Waals surface area contributed by atoms with E-state index in [0.29, 0.717) is 50.8 Å². The van der Waals surface area contributed by atoms with Crippen LogP contribution in [-0.4, -0.2) is 81.5 Å². The van der Waals surface area contributed by atoms with Crippen molar-refractivity contribution in [1.29, 1.82) is 0 Å². The number of rotatable bonds is 4. The fourth-order valence-electron chi connectivity index (χ4n) is 3.95. The summed E-state index contributed by atoms with van der Waals surface area (Å²) in [6.07, 6.45) is 2.84. The van der Waals surface area contributed by atoms with Gasteiger partial charge in [0.2, 0.25) is 0 Å². The highest BCUT2D eigenvalue weighted by Crippen LogP contribution is 2.40. The molecule has 1 aromatic rings. The fourth-order valence-corrected chi connectivity index (χ4v) is 3.95. The molecule has 0 aromatic carbocycles. The minimum atomic E-state index is -0.931. The first-order valence-electron chi connectivity index (χ1n) is 8.91. The number of hydrogen-bond donors (Lipinski definition) is 1. The Balaban J connectivity index is 1.42. The van der Waals surface area contributed by atoms with Gasteiger partial charge in [-0.3, -0.25) is 19.2 Å². The molecule has 136 valence electrons. The van der Waals surface area contributed by atoms with E-state index in [1.165, 1.54) is 12.8 Å². The highest BCUT2D eigenvalue weighted by atomic mass is 16.5. The molecule has 4 rings (SSSR count). The van der Waals surface area contributed by atoms with E-state index in [9.17, 15) is 14.7 Å². The zero-order valence-corrected chi connectivity index (χ0v) is 14.5. The zero-order chi connectivity index (χ0) is 17.6. The molecule has 0 spiro atoms. The molecule has 8 heteroatoms. The Bertz CT molecular complexity index is 683. The molecular weight excluding hydrogens is 324 g/mol. The van der Waals surface area contributed by atoms with Crippen molar-refractivity contribution in [3.05, 3.63) is 17.5 Å². The van der Waals surface area contributed by atoms with Crippen molar-refractivity contribution in [2.45, 2.75) is 30.7 Å². The van der Waals surface area contributed by atoms with Crippen molar-refractivity contribution < 1.29 is 19.4 Å². The van der Waals surface area contributed by atoms with Gasteiger partial charge in [0.05, 0.1) is 6.61 Å². The quantitative estimate of drug-likeness (QED) is 0.842. The van der Waals surface area contributed by atoms with Gasteiger partial charge in [0.1, 0.15) is 5.54 Å². The molecule has 1 atom stereocenters. The minimum absolute atomic E-state index is 0.0609. The van der Waals surface area contributed by atoms with Gasteiger partial charge in [-0.1, -0.05) is 0 Å². The molecule has 25 heavy (non-hydrogen) atoms. The molecule has 3 fully saturated rings. The van der Waals surface area contributed by atoms with Crippen LogP contribution in [0.15, 0.2) is 6.07 Å². The second kappa shape index (κ2) is 6.10. The second-order valence-electron chi connectivity index (χ2n) is 7.27. The van der Waals surface area contributed by atoms with Crippen LogP contribution in [0.2, 0.25) is 0 Å². The number of ether oxygens (including phenoxy) is 1. The number of aromatic nitrogens is 2. The highest BCUT2D eigenvalue weighted by molar-refractivity contribution is 5.92. The maximum Gasteiger partial charge on any atom is 0.326 e. The third-order valence-electron chi connectivity index (χ3n) is 5.70. The number of carbonyl (C=O) groups excluding carboxylic acids is 1. The van der Waals surface area contributed by atoms with E-state index in [1.54, 1.807) is 4.90 Å². The maximum absolute atomic E-state index is 12.7. The summed E-state index contributed by atoms with van der Waals surface area (Å²) in [5, 5.41) is 14.0. The Kier molecular flexibility index (Phi) is 4.04. The van der Waals surface area contributed by atoms with Crippen molar-refractivity contribution in [3.8, 4) is 0 Å². The van der Waals surface area contributed by atoms with E-state index in [0.717, 1.165) is 5.69 Å². The Morgan fingerprint density at radius 3 is 2.56 bits per heavy atom. The van der Waals surface area contributed by atoms with Crippen LogP contribution in [0.1, 0.15) is 41.4 Å². The molecule has 1 saturated carbocycles. The summed E-state index contributed by atoms with van der Waals surface area (Å²) < 4.78 is 7.16. The van der Waals surface area contributed by atoms with Crippen molar-refractivity contribution >= 4 is 11.9 Å². The van der Waals surface area contributed by atoms with Gasteiger partial charge in [-0.15, -0.1) is 0 Å². The summed E-state index contributed by atoms with van der Waals surface area (Å²) in [4.78, 5) is 28.2. The molecule has 1 aromatic heterocycles. The number of piperazine rings is 1. The number of carboxylic acid groups (broad SMARTS) is 1. The summed E-state index contributed by atoms with van der Waals surface area (Å²) in [5.74, 6) is -0.341. The first kappa shape index (κ1) is 16.5. The third kappa shape index (κ3) is 2.83. The number of nitrogens with zero attached hydrogens (tertiary/aromatic N) is 4. The summed E-state index contributed by atoms with van der Waals surface area (Å²) in [5.41, 5.74) is 0.698. The van der Waals surface area contributed by atoms with Gasteiger partial charge in [0.25, 0.3) is 5.91 Å². The number of amides is 1. The molecule has 1 N–H and O–H groups in total. The summed E-state index contributed by atoms with van der Waals surface area (Å²) in [6, 6.07) is 1.91. The van der Waals surface area contributed by atoms with Gasteiger partial charge >= 0.3 is 5.97 Å². The standard InChI is InChI=1S/C17H24N4O4/c1-19-14(12-2-3-12)10-13(18-19)15(22)20-5-7-21(8-6-20)17(16(23)24)4-9-25-11-17/h10,12H,2-9,11H2,1H3,(H,23,24). The average Bonchev–Trinajstić information content (AvgIpc) is 3.18.